The van der Waals surface area contributed by atoms with E-state index in [1.807, 2.05) is 20.8 Å². The van der Waals surface area contributed by atoms with Crippen LogP contribution in [0.3, 0.4) is 0 Å². The predicted octanol–water partition coefficient (Wildman–Crippen LogP) is 1.97. The molecule has 1 aromatic rings. The van der Waals surface area contributed by atoms with E-state index in [1.54, 1.807) is 13.8 Å². The SMILES string of the molecule is Cc1nnc(OC(C)(C)C)c(C(=O)O)c1C. The van der Waals surface area contributed by atoms with Crippen LogP contribution in [0.25, 0.3) is 0 Å². The molecule has 16 heavy (non-hydrogen) atoms. The molecule has 0 unspecified atom stereocenters. The fraction of sp³-hybridized carbons (Fsp3) is 0.545. The highest BCUT2D eigenvalue weighted by atomic mass is 16.5. The monoisotopic (exact) mass is 224 g/mol. The first-order valence-electron chi connectivity index (χ1n) is 4.98. The molecular weight excluding hydrogens is 208 g/mol. The molecule has 0 aliphatic carbocycles. The molecule has 1 aromatic heterocycles. The van der Waals surface area contributed by atoms with Crippen molar-refractivity contribution in [1.82, 2.24) is 10.2 Å². The molecule has 1 heterocycles. The molecule has 0 spiro atoms. The highest BCUT2D eigenvalue weighted by molar-refractivity contribution is 5.92. The molecule has 0 bridgehead atoms. The second-order valence-corrected chi connectivity index (χ2v) is 4.61. The van der Waals surface area contributed by atoms with Crippen molar-refractivity contribution in [1.29, 1.82) is 0 Å². The van der Waals surface area contributed by atoms with E-state index in [9.17, 15) is 4.79 Å². The second kappa shape index (κ2) is 4.08. The lowest BCUT2D eigenvalue weighted by molar-refractivity contribution is 0.0674. The first-order chi connectivity index (χ1) is 7.22. The summed E-state index contributed by atoms with van der Waals surface area (Å²) in [6, 6.07) is 0. The Balaban J connectivity index is 3.29. The van der Waals surface area contributed by atoms with Crippen molar-refractivity contribution >= 4 is 5.97 Å². The summed E-state index contributed by atoms with van der Waals surface area (Å²) in [5.74, 6) is -0.974. The van der Waals surface area contributed by atoms with Crippen LogP contribution in [0.4, 0.5) is 0 Å². The summed E-state index contributed by atoms with van der Waals surface area (Å²) in [7, 11) is 0. The Hall–Kier alpha value is -1.65. The second-order valence-electron chi connectivity index (χ2n) is 4.61. The van der Waals surface area contributed by atoms with Gasteiger partial charge >= 0.3 is 5.97 Å². The number of carbonyl (C=O) groups is 1. The molecule has 88 valence electrons. The average Bonchev–Trinajstić information content (AvgIpc) is 2.08. The standard InChI is InChI=1S/C11H16N2O3/c1-6-7(2)12-13-9(8(6)10(14)15)16-11(3,4)5/h1-5H3,(H,14,15). The molecule has 0 saturated carbocycles. The maximum absolute atomic E-state index is 11.1. The quantitative estimate of drug-likeness (QED) is 0.831. The minimum absolute atomic E-state index is 0.0723. The van der Waals surface area contributed by atoms with Gasteiger partial charge in [-0.25, -0.2) is 4.79 Å². The maximum atomic E-state index is 11.1. The summed E-state index contributed by atoms with van der Waals surface area (Å²) in [6.07, 6.45) is 0. The minimum Gasteiger partial charge on any atom is -0.477 e. The molecule has 1 N–H and O–H groups in total. The summed E-state index contributed by atoms with van der Waals surface area (Å²) in [4.78, 5) is 11.1. The van der Waals surface area contributed by atoms with Crippen LogP contribution in [0.2, 0.25) is 0 Å². The van der Waals surface area contributed by atoms with Crippen molar-refractivity contribution in [3.63, 3.8) is 0 Å². The zero-order valence-corrected chi connectivity index (χ0v) is 10.2. The van der Waals surface area contributed by atoms with Crippen LogP contribution in [0, 0.1) is 13.8 Å². The Morgan fingerprint density at radius 2 is 1.81 bits per heavy atom. The lowest BCUT2D eigenvalue weighted by atomic mass is 10.1. The van der Waals surface area contributed by atoms with Gasteiger partial charge in [0.05, 0.1) is 5.69 Å². The van der Waals surface area contributed by atoms with E-state index in [4.69, 9.17) is 9.84 Å². The molecule has 0 atom stereocenters. The third kappa shape index (κ3) is 2.68. The number of hydrogen-bond donors (Lipinski definition) is 1. The van der Waals surface area contributed by atoms with Crippen LogP contribution in [-0.2, 0) is 0 Å². The normalized spacial score (nSPS) is 11.3. The number of aromatic nitrogens is 2. The molecule has 1 rings (SSSR count). The Morgan fingerprint density at radius 1 is 1.25 bits per heavy atom. The number of hydrogen-bond acceptors (Lipinski definition) is 4. The molecule has 0 amide bonds. The summed E-state index contributed by atoms with van der Waals surface area (Å²) in [5, 5.41) is 16.8. The van der Waals surface area contributed by atoms with Gasteiger partial charge in [0.15, 0.2) is 0 Å². The minimum atomic E-state index is -1.05. The molecule has 0 aliphatic rings. The summed E-state index contributed by atoms with van der Waals surface area (Å²) >= 11 is 0. The number of nitrogens with zero attached hydrogens (tertiary/aromatic N) is 2. The van der Waals surface area contributed by atoms with Gasteiger partial charge in [-0.2, -0.15) is 5.10 Å². The van der Waals surface area contributed by atoms with Crippen molar-refractivity contribution in [2.24, 2.45) is 0 Å². The van der Waals surface area contributed by atoms with Gasteiger partial charge in [-0.15, -0.1) is 5.10 Å². The third-order valence-corrected chi connectivity index (χ3v) is 2.04. The maximum Gasteiger partial charge on any atom is 0.341 e. The summed E-state index contributed by atoms with van der Waals surface area (Å²) < 4.78 is 5.48. The van der Waals surface area contributed by atoms with Crippen molar-refractivity contribution in [3.05, 3.63) is 16.8 Å². The van der Waals surface area contributed by atoms with E-state index >= 15 is 0 Å². The molecule has 0 saturated heterocycles. The number of rotatable bonds is 2. The van der Waals surface area contributed by atoms with E-state index < -0.39 is 11.6 Å². The lowest BCUT2D eigenvalue weighted by Crippen LogP contribution is -2.25. The highest BCUT2D eigenvalue weighted by Gasteiger charge is 2.23. The van der Waals surface area contributed by atoms with Gasteiger partial charge in [0.2, 0.25) is 5.88 Å². The van der Waals surface area contributed by atoms with E-state index in [1.165, 1.54) is 0 Å². The number of aryl methyl sites for hydroxylation is 1. The number of aromatic carboxylic acids is 1. The molecular formula is C11H16N2O3. The molecule has 5 heteroatoms. The topological polar surface area (TPSA) is 72.3 Å². The van der Waals surface area contributed by atoms with Crippen molar-refractivity contribution < 1.29 is 14.6 Å². The molecule has 5 nitrogen and oxygen atoms in total. The molecule has 0 fully saturated rings. The van der Waals surface area contributed by atoms with E-state index in [0.29, 0.717) is 11.3 Å². The third-order valence-electron chi connectivity index (χ3n) is 2.04. The van der Waals surface area contributed by atoms with Crippen LogP contribution < -0.4 is 4.74 Å². The lowest BCUT2D eigenvalue weighted by Gasteiger charge is -2.21. The van der Waals surface area contributed by atoms with Crippen molar-refractivity contribution in [2.75, 3.05) is 0 Å². The van der Waals surface area contributed by atoms with Crippen LogP contribution in [-0.4, -0.2) is 26.9 Å². The van der Waals surface area contributed by atoms with Crippen molar-refractivity contribution in [2.45, 2.75) is 40.2 Å². The predicted molar refractivity (Wildman–Crippen MR) is 58.8 cm³/mol. The molecule has 0 radical (unpaired) electrons. The number of carboxylic acids is 1. The smallest absolute Gasteiger partial charge is 0.341 e. The zero-order chi connectivity index (χ0) is 12.5. The van der Waals surface area contributed by atoms with Gasteiger partial charge in [0.25, 0.3) is 0 Å². The Labute approximate surface area is 94.5 Å². The van der Waals surface area contributed by atoms with Crippen LogP contribution >= 0.6 is 0 Å². The summed E-state index contributed by atoms with van der Waals surface area (Å²) in [6.45, 7) is 8.90. The largest absolute Gasteiger partial charge is 0.477 e. The molecule has 0 aromatic carbocycles. The van der Waals surface area contributed by atoms with E-state index in [2.05, 4.69) is 10.2 Å². The average molecular weight is 224 g/mol. The zero-order valence-electron chi connectivity index (χ0n) is 10.2. The van der Waals surface area contributed by atoms with Crippen molar-refractivity contribution in [3.8, 4) is 5.88 Å². The van der Waals surface area contributed by atoms with Gasteiger partial charge in [-0.1, -0.05) is 0 Å². The fourth-order valence-electron chi connectivity index (χ4n) is 1.20. The van der Waals surface area contributed by atoms with Crippen LogP contribution in [0.5, 0.6) is 5.88 Å². The van der Waals surface area contributed by atoms with Gasteiger partial charge < -0.3 is 9.84 Å². The van der Waals surface area contributed by atoms with Gasteiger partial charge in [0, 0.05) is 0 Å². The fourth-order valence-corrected chi connectivity index (χ4v) is 1.20. The van der Waals surface area contributed by atoms with Crippen LogP contribution in [0.1, 0.15) is 42.4 Å². The first-order valence-corrected chi connectivity index (χ1v) is 4.98. The van der Waals surface area contributed by atoms with Gasteiger partial charge in [-0.05, 0) is 40.2 Å². The number of carboxylic acid groups (broad SMARTS) is 1. The van der Waals surface area contributed by atoms with Gasteiger partial charge in [-0.3, -0.25) is 0 Å². The Bertz CT molecular complexity index is 422. The number of ether oxygens (including phenoxy) is 1. The van der Waals surface area contributed by atoms with Crippen LogP contribution in [0.15, 0.2) is 0 Å². The van der Waals surface area contributed by atoms with E-state index in [-0.39, 0.29) is 11.4 Å². The highest BCUT2D eigenvalue weighted by Crippen LogP contribution is 2.23. The Kier molecular flexibility index (Phi) is 3.16. The first kappa shape index (κ1) is 12.4. The summed E-state index contributed by atoms with van der Waals surface area (Å²) in [5.41, 5.74) is 0.767. The molecule has 0 aliphatic heterocycles. The van der Waals surface area contributed by atoms with Gasteiger partial charge in [0.1, 0.15) is 11.2 Å². The Morgan fingerprint density at radius 3 is 2.25 bits per heavy atom. The van der Waals surface area contributed by atoms with E-state index in [0.717, 1.165) is 0 Å².